The molecule has 1 fully saturated rings. The van der Waals surface area contributed by atoms with Gasteiger partial charge in [0.25, 0.3) is 0 Å². The number of carbonyl (C=O) groups excluding carboxylic acids is 1. The van der Waals surface area contributed by atoms with Crippen LogP contribution in [0.4, 0.5) is 4.79 Å². The van der Waals surface area contributed by atoms with Crippen LogP contribution in [-0.4, -0.2) is 54.6 Å². The Morgan fingerprint density at radius 3 is 2.73 bits per heavy atom. The molecular formula is C14H23N3O4S. The molecule has 1 saturated heterocycles. The zero-order chi connectivity index (χ0) is 16.5. The molecule has 0 aromatic carbocycles. The number of hydrogen-bond acceptors (Lipinski definition) is 5. The molecule has 2 rings (SSSR count). The van der Waals surface area contributed by atoms with Crippen LogP contribution in [0.5, 0.6) is 0 Å². The van der Waals surface area contributed by atoms with E-state index in [0.717, 1.165) is 19.1 Å². The SMILES string of the molecule is CC(C)(C)OC(=O)N1CCC[C@@H](c2[nH]ncc2S(C)(=O)=O)C1. The summed E-state index contributed by atoms with van der Waals surface area (Å²) in [4.78, 5) is 14.0. The highest BCUT2D eigenvalue weighted by atomic mass is 32.2. The number of hydrogen-bond donors (Lipinski definition) is 1. The molecule has 0 saturated carbocycles. The Bertz CT molecular complexity index is 645. The first-order valence-corrected chi connectivity index (χ1v) is 9.18. The number of H-pyrrole nitrogens is 1. The van der Waals surface area contributed by atoms with E-state index in [4.69, 9.17) is 4.74 Å². The molecular weight excluding hydrogens is 306 g/mol. The van der Waals surface area contributed by atoms with Crippen LogP contribution in [0.2, 0.25) is 0 Å². The van der Waals surface area contributed by atoms with E-state index in [1.807, 2.05) is 20.8 Å². The normalized spacial score (nSPS) is 20.0. The third-order valence-electron chi connectivity index (χ3n) is 3.51. The average molecular weight is 329 g/mol. The lowest BCUT2D eigenvalue weighted by Crippen LogP contribution is -2.42. The number of amides is 1. The van der Waals surface area contributed by atoms with Crippen molar-refractivity contribution in [1.29, 1.82) is 0 Å². The molecule has 22 heavy (non-hydrogen) atoms. The van der Waals surface area contributed by atoms with Crippen molar-refractivity contribution in [2.24, 2.45) is 0 Å². The van der Waals surface area contributed by atoms with Crippen LogP contribution in [0.15, 0.2) is 11.1 Å². The van der Waals surface area contributed by atoms with Crippen LogP contribution in [0, 0.1) is 0 Å². The van der Waals surface area contributed by atoms with Crippen LogP contribution in [-0.2, 0) is 14.6 Å². The first-order valence-electron chi connectivity index (χ1n) is 7.29. The molecule has 8 heteroatoms. The number of carbonyl (C=O) groups is 1. The van der Waals surface area contributed by atoms with Crippen LogP contribution in [0.1, 0.15) is 45.2 Å². The quantitative estimate of drug-likeness (QED) is 0.895. The number of nitrogens with zero attached hydrogens (tertiary/aromatic N) is 2. The van der Waals surface area contributed by atoms with Gasteiger partial charge in [-0.1, -0.05) is 0 Å². The third-order valence-corrected chi connectivity index (χ3v) is 4.64. The van der Waals surface area contributed by atoms with Gasteiger partial charge in [-0.2, -0.15) is 5.10 Å². The molecule has 1 aromatic rings. The summed E-state index contributed by atoms with van der Waals surface area (Å²) in [7, 11) is -3.33. The summed E-state index contributed by atoms with van der Waals surface area (Å²) < 4.78 is 29.0. The van der Waals surface area contributed by atoms with Gasteiger partial charge in [0.2, 0.25) is 0 Å². The van der Waals surface area contributed by atoms with Gasteiger partial charge < -0.3 is 9.64 Å². The average Bonchev–Trinajstić information content (AvgIpc) is 2.86. The summed E-state index contributed by atoms with van der Waals surface area (Å²) in [5.41, 5.74) is 0.0337. The topological polar surface area (TPSA) is 92.4 Å². The van der Waals surface area contributed by atoms with Crippen molar-refractivity contribution in [1.82, 2.24) is 15.1 Å². The highest BCUT2D eigenvalue weighted by Crippen LogP contribution is 2.30. The van der Waals surface area contributed by atoms with Gasteiger partial charge in [-0.15, -0.1) is 0 Å². The van der Waals surface area contributed by atoms with E-state index in [1.165, 1.54) is 6.20 Å². The molecule has 0 aliphatic carbocycles. The predicted octanol–water partition coefficient (Wildman–Crippen LogP) is 1.93. The minimum Gasteiger partial charge on any atom is -0.444 e. The highest BCUT2D eigenvalue weighted by molar-refractivity contribution is 7.90. The standard InChI is InChI=1S/C14H23N3O4S/c1-14(2,3)21-13(18)17-7-5-6-10(9-17)12-11(8-15-16-12)22(4,19)20/h8,10H,5-7,9H2,1-4H3,(H,15,16)/t10-/m1/s1. The fourth-order valence-corrected chi connectivity index (χ4v) is 3.43. The Morgan fingerprint density at radius 2 is 2.14 bits per heavy atom. The first-order chi connectivity index (χ1) is 10.1. The minimum atomic E-state index is -3.33. The Kier molecular flexibility index (Phi) is 4.51. The third kappa shape index (κ3) is 4.00. The second-order valence-electron chi connectivity index (χ2n) is 6.69. The highest BCUT2D eigenvalue weighted by Gasteiger charge is 2.31. The Labute approximate surface area is 130 Å². The number of nitrogens with one attached hydrogen (secondary N) is 1. The zero-order valence-electron chi connectivity index (χ0n) is 13.4. The number of ether oxygens (including phenoxy) is 1. The lowest BCUT2D eigenvalue weighted by molar-refractivity contribution is 0.0196. The molecule has 124 valence electrons. The van der Waals surface area contributed by atoms with E-state index < -0.39 is 15.4 Å². The number of piperidine rings is 1. The molecule has 1 atom stereocenters. The van der Waals surface area contributed by atoms with E-state index in [-0.39, 0.29) is 16.9 Å². The molecule has 7 nitrogen and oxygen atoms in total. The van der Waals surface area contributed by atoms with Crippen LogP contribution >= 0.6 is 0 Å². The first kappa shape index (κ1) is 16.8. The van der Waals surface area contributed by atoms with Gasteiger partial charge in [-0.25, -0.2) is 13.2 Å². The Hall–Kier alpha value is -1.57. The molecule has 1 amide bonds. The van der Waals surface area contributed by atoms with Gasteiger partial charge in [-0.3, -0.25) is 5.10 Å². The Balaban J connectivity index is 2.15. The smallest absolute Gasteiger partial charge is 0.410 e. The van der Waals surface area contributed by atoms with Gasteiger partial charge in [0.15, 0.2) is 9.84 Å². The summed E-state index contributed by atoms with van der Waals surface area (Å²) in [6.07, 6.45) is 3.74. The van der Waals surface area contributed by atoms with Crippen LogP contribution in [0.3, 0.4) is 0 Å². The second kappa shape index (κ2) is 5.91. The minimum absolute atomic E-state index is 0.0755. The molecule has 0 spiro atoms. The largest absolute Gasteiger partial charge is 0.444 e. The molecule has 0 radical (unpaired) electrons. The molecule has 2 heterocycles. The fraction of sp³-hybridized carbons (Fsp3) is 0.714. The Morgan fingerprint density at radius 1 is 1.45 bits per heavy atom. The van der Waals surface area contributed by atoms with Gasteiger partial charge in [0.1, 0.15) is 10.5 Å². The summed E-state index contributed by atoms with van der Waals surface area (Å²) in [5, 5.41) is 6.64. The maximum Gasteiger partial charge on any atom is 0.410 e. The fourth-order valence-electron chi connectivity index (χ4n) is 2.58. The van der Waals surface area contributed by atoms with Crippen molar-refractivity contribution in [2.75, 3.05) is 19.3 Å². The van der Waals surface area contributed by atoms with Crippen LogP contribution < -0.4 is 0 Å². The molecule has 0 unspecified atom stereocenters. The van der Waals surface area contributed by atoms with Crippen LogP contribution in [0.25, 0.3) is 0 Å². The number of aromatic amines is 1. The maximum absolute atomic E-state index is 12.2. The van der Waals surface area contributed by atoms with E-state index in [9.17, 15) is 13.2 Å². The monoisotopic (exact) mass is 329 g/mol. The van der Waals surface area contributed by atoms with E-state index in [1.54, 1.807) is 4.90 Å². The maximum atomic E-state index is 12.2. The molecule has 1 N–H and O–H groups in total. The number of sulfone groups is 1. The molecule has 1 aliphatic heterocycles. The number of likely N-dealkylation sites (tertiary alicyclic amines) is 1. The van der Waals surface area contributed by atoms with Gasteiger partial charge in [0.05, 0.1) is 11.9 Å². The van der Waals surface area contributed by atoms with Crippen molar-refractivity contribution >= 4 is 15.9 Å². The van der Waals surface area contributed by atoms with Crippen molar-refractivity contribution in [3.05, 3.63) is 11.9 Å². The van der Waals surface area contributed by atoms with Gasteiger partial charge >= 0.3 is 6.09 Å². The predicted molar refractivity (Wildman–Crippen MR) is 81.5 cm³/mol. The zero-order valence-corrected chi connectivity index (χ0v) is 14.2. The molecule has 0 bridgehead atoms. The second-order valence-corrected chi connectivity index (χ2v) is 8.67. The van der Waals surface area contributed by atoms with Gasteiger partial charge in [0, 0.05) is 25.3 Å². The van der Waals surface area contributed by atoms with Crippen molar-refractivity contribution in [2.45, 2.75) is 50.0 Å². The van der Waals surface area contributed by atoms with E-state index >= 15 is 0 Å². The summed E-state index contributed by atoms with van der Waals surface area (Å²) >= 11 is 0. The lowest BCUT2D eigenvalue weighted by atomic mass is 9.95. The summed E-state index contributed by atoms with van der Waals surface area (Å²) in [6, 6.07) is 0. The lowest BCUT2D eigenvalue weighted by Gasteiger charge is -2.34. The number of rotatable bonds is 2. The summed E-state index contributed by atoms with van der Waals surface area (Å²) in [5.74, 6) is -0.0755. The summed E-state index contributed by atoms with van der Waals surface area (Å²) in [6.45, 7) is 6.52. The van der Waals surface area contributed by atoms with E-state index in [2.05, 4.69) is 10.2 Å². The van der Waals surface area contributed by atoms with Crippen molar-refractivity contribution < 1.29 is 17.9 Å². The van der Waals surface area contributed by atoms with E-state index in [0.29, 0.717) is 18.8 Å². The molecule has 1 aromatic heterocycles. The van der Waals surface area contributed by atoms with Crippen molar-refractivity contribution in [3.63, 3.8) is 0 Å². The van der Waals surface area contributed by atoms with Crippen molar-refractivity contribution in [3.8, 4) is 0 Å². The molecule has 1 aliphatic rings. The van der Waals surface area contributed by atoms with Gasteiger partial charge in [-0.05, 0) is 33.6 Å². The number of aromatic nitrogens is 2.